The molecule has 17 heavy (non-hydrogen) atoms. The summed E-state index contributed by atoms with van der Waals surface area (Å²) < 4.78 is 0. The topological polar surface area (TPSA) is 57.8 Å². The predicted molar refractivity (Wildman–Crippen MR) is 70.1 cm³/mol. The Kier molecular flexibility index (Phi) is 4.48. The maximum atomic E-state index is 11.7. The van der Waals surface area contributed by atoms with Crippen molar-refractivity contribution in [3.63, 3.8) is 0 Å². The lowest BCUT2D eigenvalue weighted by atomic mass is 10.1. The largest absolute Gasteiger partial charge is 0.356 e. The van der Waals surface area contributed by atoms with Gasteiger partial charge in [0.25, 0.3) is 0 Å². The molecule has 1 atom stereocenters. The second kappa shape index (κ2) is 6.10. The molecule has 2 N–H and O–H groups in total. The summed E-state index contributed by atoms with van der Waals surface area (Å²) in [6.45, 7) is 2.79. The van der Waals surface area contributed by atoms with E-state index in [0.29, 0.717) is 0 Å². The van der Waals surface area contributed by atoms with Gasteiger partial charge in [-0.05, 0) is 37.5 Å². The third-order valence-corrected chi connectivity index (χ3v) is 4.32. The summed E-state index contributed by atoms with van der Waals surface area (Å²) in [5.41, 5.74) is 2.37. The lowest BCUT2D eigenvalue weighted by Crippen LogP contribution is -2.31. The maximum Gasteiger partial charge on any atom is 0.223 e. The summed E-state index contributed by atoms with van der Waals surface area (Å²) in [4.78, 5) is 11.7. The molecule has 0 radical (unpaired) electrons. The van der Waals surface area contributed by atoms with Gasteiger partial charge in [-0.15, -0.1) is 0 Å². The van der Waals surface area contributed by atoms with Crippen LogP contribution in [0, 0.1) is 12.8 Å². The molecule has 0 aliphatic carbocycles. The summed E-state index contributed by atoms with van der Waals surface area (Å²) in [5, 5.41) is 9.93. The van der Waals surface area contributed by atoms with Crippen LogP contribution in [-0.2, 0) is 11.2 Å². The van der Waals surface area contributed by atoms with Crippen molar-refractivity contribution in [1.29, 1.82) is 0 Å². The Bertz CT molecular complexity index is 372. The van der Waals surface area contributed by atoms with E-state index in [-0.39, 0.29) is 11.8 Å². The number of nitrogens with zero attached hydrogens (tertiary/aromatic N) is 1. The molecule has 94 valence electrons. The summed E-state index contributed by atoms with van der Waals surface area (Å²) in [6, 6.07) is 0. The number of aromatic nitrogens is 2. The molecule has 1 aromatic heterocycles. The van der Waals surface area contributed by atoms with Gasteiger partial charge < -0.3 is 5.32 Å². The molecule has 0 bridgehead atoms. The third kappa shape index (κ3) is 3.49. The molecule has 1 aliphatic heterocycles. The number of H-pyrrole nitrogens is 1. The van der Waals surface area contributed by atoms with Crippen LogP contribution in [0.5, 0.6) is 0 Å². The highest BCUT2D eigenvalue weighted by molar-refractivity contribution is 7.99. The summed E-state index contributed by atoms with van der Waals surface area (Å²) >= 11 is 1.88. The number of nitrogens with one attached hydrogen (secondary N) is 2. The van der Waals surface area contributed by atoms with Gasteiger partial charge >= 0.3 is 0 Å². The zero-order valence-electron chi connectivity index (χ0n) is 10.2. The van der Waals surface area contributed by atoms with Crippen molar-refractivity contribution in [3.05, 3.63) is 17.5 Å². The highest BCUT2D eigenvalue weighted by Gasteiger charge is 2.22. The van der Waals surface area contributed by atoms with Crippen LogP contribution < -0.4 is 5.32 Å². The van der Waals surface area contributed by atoms with Crippen LogP contribution in [0.3, 0.4) is 0 Å². The van der Waals surface area contributed by atoms with E-state index in [9.17, 15) is 4.79 Å². The van der Waals surface area contributed by atoms with Crippen molar-refractivity contribution in [1.82, 2.24) is 15.5 Å². The number of carbonyl (C=O) groups is 1. The fourth-order valence-corrected chi connectivity index (χ4v) is 3.22. The predicted octanol–water partition coefficient (Wildman–Crippen LogP) is 1.52. The first kappa shape index (κ1) is 12.5. The van der Waals surface area contributed by atoms with Crippen molar-refractivity contribution < 1.29 is 4.79 Å². The van der Waals surface area contributed by atoms with Crippen molar-refractivity contribution >= 4 is 17.7 Å². The highest BCUT2D eigenvalue weighted by Crippen LogP contribution is 2.23. The smallest absolute Gasteiger partial charge is 0.223 e. The van der Waals surface area contributed by atoms with Crippen LogP contribution in [0.1, 0.15) is 24.1 Å². The van der Waals surface area contributed by atoms with Crippen molar-refractivity contribution in [2.24, 2.45) is 5.92 Å². The zero-order valence-corrected chi connectivity index (χ0v) is 11.0. The van der Waals surface area contributed by atoms with Gasteiger partial charge in [-0.25, -0.2) is 0 Å². The van der Waals surface area contributed by atoms with Crippen LogP contribution in [0.2, 0.25) is 0 Å². The Balaban J connectivity index is 1.63. The molecule has 2 heterocycles. The molecular weight excluding hydrogens is 234 g/mol. The molecule has 1 aliphatic rings. The number of amides is 1. The highest BCUT2D eigenvalue weighted by atomic mass is 32.2. The molecule has 2 rings (SSSR count). The molecule has 0 aromatic carbocycles. The number of carbonyl (C=O) groups excluding carboxylic acids is 1. The number of rotatable bonds is 5. The Morgan fingerprint density at radius 2 is 2.59 bits per heavy atom. The zero-order chi connectivity index (χ0) is 12.1. The first-order valence-electron chi connectivity index (χ1n) is 6.11. The average Bonchev–Trinajstić information content (AvgIpc) is 2.96. The quantitative estimate of drug-likeness (QED) is 0.782. The monoisotopic (exact) mass is 253 g/mol. The van der Waals surface area contributed by atoms with Gasteiger partial charge in [0.05, 0.1) is 6.20 Å². The Morgan fingerprint density at radius 1 is 1.71 bits per heavy atom. The molecule has 4 nitrogen and oxygen atoms in total. The molecule has 0 saturated carbocycles. The van der Waals surface area contributed by atoms with E-state index in [1.54, 1.807) is 0 Å². The first-order valence-corrected chi connectivity index (χ1v) is 7.27. The summed E-state index contributed by atoms with van der Waals surface area (Å²) in [7, 11) is 0. The summed E-state index contributed by atoms with van der Waals surface area (Å²) in [6.07, 6.45) is 4.86. The Morgan fingerprint density at radius 3 is 3.24 bits per heavy atom. The number of aromatic amines is 1. The molecule has 1 aromatic rings. The number of hydrogen-bond acceptors (Lipinski definition) is 3. The number of thioether (sulfide) groups is 1. The van der Waals surface area contributed by atoms with Gasteiger partial charge in [0.1, 0.15) is 0 Å². The van der Waals surface area contributed by atoms with E-state index in [2.05, 4.69) is 15.5 Å². The van der Waals surface area contributed by atoms with Crippen LogP contribution >= 0.6 is 11.8 Å². The lowest BCUT2D eigenvalue weighted by molar-refractivity contribution is -0.124. The molecule has 5 heteroatoms. The standard InChI is InChI=1S/C12H19N3OS/c1-9-10(7-14-15-9)3-2-5-13-12(16)11-4-6-17-8-11/h7,11H,2-6,8H2,1H3,(H,13,16)(H,14,15). The van der Waals surface area contributed by atoms with E-state index in [4.69, 9.17) is 0 Å². The van der Waals surface area contributed by atoms with E-state index >= 15 is 0 Å². The second-order valence-electron chi connectivity index (χ2n) is 4.48. The maximum absolute atomic E-state index is 11.7. The fourth-order valence-electron chi connectivity index (χ4n) is 2.00. The number of aryl methyl sites for hydroxylation is 2. The minimum atomic E-state index is 0.235. The Hall–Kier alpha value is -0.970. The second-order valence-corrected chi connectivity index (χ2v) is 5.63. The van der Waals surface area contributed by atoms with Crippen LogP contribution in [0.4, 0.5) is 0 Å². The minimum absolute atomic E-state index is 0.235. The Labute approximate surface area is 106 Å². The van der Waals surface area contributed by atoms with Crippen LogP contribution in [-0.4, -0.2) is 34.2 Å². The van der Waals surface area contributed by atoms with Gasteiger partial charge in [-0.3, -0.25) is 9.89 Å². The van der Waals surface area contributed by atoms with Gasteiger partial charge in [-0.2, -0.15) is 16.9 Å². The molecule has 1 unspecified atom stereocenters. The fraction of sp³-hybridized carbons (Fsp3) is 0.667. The van der Waals surface area contributed by atoms with Crippen molar-refractivity contribution in [2.45, 2.75) is 26.2 Å². The normalized spacial score (nSPS) is 19.5. The van der Waals surface area contributed by atoms with Gasteiger partial charge in [0, 0.05) is 23.9 Å². The van der Waals surface area contributed by atoms with Crippen molar-refractivity contribution in [2.75, 3.05) is 18.1 Å². The van der Waals surface area contributed by atoms with Gasteiger partial charge in [-0.1, -0.05) is 0 Å². The van der Waals surface area contributed by atoms with Crippen molar-refractivity contribution in [3.8, 4) is 0 Å². The van der Waals surface area contributed by atoms with Gasteiger partial charge in [0.2, 0.25) is 5.91 Å². The molecular formula is C12H19N3OS. The van der Waals surface area contributed by atoms with Gasteiger partial charge in [0.15, 0.2) is 0 Å². The minimum Gasteiger partial charge on any atom is -0.356 e. The molecule has 1 saturated heterocycles. The summed E-state index contributed by atoms with van der Waals surface area (Å²) in [5.74, 6) is 2.61. The van der Waals surface area contributed by atoms with E-state index in [1.165, 1.54) is 5.56 Å². The SMILES string of the molecule is Cc1[nH]ncc1CCCNC(=O)C1CCSC1. The molecule has 1 fully saturated rings. The van der Waals surface area contributed by atoms with Crippen LogP contribution in [0.15, 0.2) is 6.20 Å². The lowest BCUT2D eigenvalue weighted by Gasteiger charge is -2.09. The first-order chi connectivity index (χ1) is 8.27. The average molecular weight is 253 g/mol. The molecule has 0 spiro atoms. The molecule has 1 amide bonds. The third-order valence-electron chi connectivity index (χ3n) is 3.16. The van der Waals surface area contributed by atoms with E-state index in [1.807, 2.05) is 24.9 Å². The van der Waals surface area contributed by atoms with E-state index in [0.717, 1.165) is 43.0 Å². The number of hydrogen-bond donors (Lipinski definition) is 2. The van der Waals surface area contributed by atoms with Crippen LogP contribution in [0.25, 0.3) is 0 Å². The van der Waals surface area contributed by atoms with E-state index < -0.39 is 0 Å².